The fraction of sp³-hybridized carbons (Fsp3) is 0.350. The number of nitrogens with zero attached hydrogens (tertiary/aromatic N) is 1. The molecule has 1 atom stereocenters. The molecule has 6 heteroatoms. The minimum atomic E-state index is -0.508. The number of amides is 1. The van der Waals surface area contributed by atoms with Crippen molar-refractivity contribution in [3.8, 4) is 5.75 Å². The maximum atomic E-state index is 12.6. The molecule has 0 aliphatic carbocycles. The maximum Gasteiger partial charge on any atom is 0.271 e. The highest BCUT2D eigenvalue weighted by Crippen LogP contribution is 2.30. The molecule has 0 fully saturated rings. The Balaban J connectivity index is 2.16. The molecule has 0 aliphatic heterocycles. The number of nitrogens with one attached hydrogen (secondary N) is 1. The predicted octanol–water partition coefficient (Wildman–Crippen LogP) is 4.54. The molecule has 1 unspecified atom stereocenters. The Kier molecular flexibility index (Phi) is 6.33. The summed E-state index contributed by atoms with van der Waals surface area (Å²) >= 11 is 0. The SMILES string of the molecule is COc1ccc([N+](=O)[O-])cc1NC(=O)C(C)c1ccc(CC(C)C)cc1. The van der Waals surface area contributed by atoms with Crippen LogP contribution < -0.4 is 10.1 Å². The summed E-state index contributed by atoms with van der Waals surface area (Å²) in [6, 6.07) is 12.1. The van der Waals surface area contributed by atoms with Crippen molar-refractivity contribution in [3.05, 3.63) is 63.7 Å². The number of methoxy groups -OCH3 is 1. The van der Waals surface area contributed by atoms with Crippen molar-refractivity contribution in [2.75, 3.05) is 12.4 Å². The number of nitro groups is 1. The van der Waals surface area contributed by atoms with Crippen molar-refractivity contribution in [2.24, 2.45) is 5.92 Å². The highest BCUT2D eigenvalue weighted by atomic mass is 16.6. The van der Waals surface area contributed by atoms with E-state index in [2.05, 4.69) is 19.2 Å². The average Bonchev–Trinajstić information content (AvgIpc) is 2.61. The third-order valence-corrected chi connectivity index (χ3v) is 4.17. The molecule has 0 aliphatic rings. The largest absolute Gasteiger partial charge is 0.495 e. The van der Waals surface area contributed by atoms with Gasteiger partial charge in [0.15, 0.2) is 0 Å². The fourth-order valence-electron chi connectivity index (χ4n) is 2.71. The zero-order chi connectivity index (χ0) is 19.3. The van der Waals surface area contributed by atoms with Gasteiger partial charge in [0.05, 0.1) is 23.6 Å². The zero-order valence-electron chi connectivity index (χ0n) is 15.5. The number of rotatable bonds is 7. The van der Waals surface area contributed by atoms with Crippen molar-refractivity contribution in [2.45, 2.75) is 33.1 Å². The zero-order valence-corrected chi connectivity index (χ0v) is 15.5. The smallest absolute Gasteiger partial charge is 0.271 e. The van der Waals surface area contributed by atoms with Gasteiger partial charge in [-0.25, -0.2) is 0 Å². The van der Waals surface area contributed by atoms with Gasteiger partial charge in [0.2, 0.25) is 5.91 Å². The molecule has 2 aromatic rings. The second-order valence-corrected chi connectivity index (χ2v) is 6.69. The first-order chi connectivity index (χ1) is 12.3. The number of benzene rings is 2. The van der Waals surface area contributed by atoms with Gasteiger partial charge in [0.1, 0.15) is 5.75 Å². The van der Waals surface area contributed by atoms with Crippen LogP contribution in [0.3, 0.4) is 0 Å². The average molecular weight is 356 g/mol. The third-order valence-electron chi connectivity index (χ3n) is 4.17. The summed E-state index contributed by atoms with van der Waals surface area (Å²) in [6.45, 7) is 6.13. The molecule has 6 nitrogen and oxygen atoms in total. The molecule has 2 aromatic carbocycles. The normalized spacial score (nSPS) is 11.9. The molecule has 0 saturated carbocycles. The first kappa shape index (κ1) is 19.4. The minimum Gasteiger partial charge on any atom is -0.495 e. The van der Waals surface area contributed by atoms with Crippen molar-refractivity contribution in [1.82, 2.24) is 0 Å². The summed E-state index contributed by atoms with van der Waals surface area (Å²) in [6.07, 6.45) is 0.992. The molecule has 0 bridgehead atoms. The number of carbonyl (C=O) groups excluding carboxylic acids is 1. The Labute approximate surface area is 153 Å². The van der Waals surface area contributed by atoms with E-state index in [1.54, 1.807) is 6.92 Å². The molecule has 0 saturated heterocycles. The second-order valence-electron chi connectivity index (χ2n) is 6.69. The van der Waals surface area contributed by atoms with Gasteiger partial charge in [-0.2, -0.15) is 0 Å². The van der Waals surface area contributed by atoms with E-state index in [1.165, 1.54) is 30.9 Å². The van der Waals surface area contributed by atoms with Crippen LogP contribution in [0.1, 0.15) is 37.8 Å². The van der Waals surface area contributed by atoms with Crippen LogP contribution in [0.15, 0.2) is 42.5 Å². The highest BCUT2D eigenvalue weighted by molar-refractivity contribution is 5.97. The number of carbonyl (C=O) groups is 1. The highest BCUT2D eigenvalue weighted by Gasteiger charge is 2.19. The van der Waals surface area contributed by atoms with Crippen LogP contribution in [0.25, 0.3) is 0 Å². The van der Waals surface area contributed by atoms with E-state index < -0.39 is 10.8 Å². The van der Waals surface area contributed by atoms with E-state index >= 15 is 0 Å². The number of hydrogen-bond acceptors (Lipinski definition) is 4. The van der Waals surface area contributed by atoms with Gasteiger partial charge in [-0.1, -0.05) is 38.1 Å². The van der Waals surface area contributed by atoms with Crippen LogP contribution in [0, 0.1) is 16.0 Å². The summed E-state index contributed by atoms with van der Waals surface area (Å²) in [5, 5.41) is 13.7. The van der Waals surface area contributed by atoms with E-state index in [4.69, 9.17) is 4.74 Å². The van der Waals surface area contributed by atoms with Gasteiger partial charge in [-0.3, -0.25) is 14.9 Å². The number of nitro benzene ring substituents is 1. The summed E-state index contributed by atoms with van der Waals surface area (Å²) in [5.41, 5.74) is 2.30. The monoisotopic (exact) mass is 356 g/mol. The van der Waals surface area contributed by atoms with Crippen LogP contribution in [0.2, 0.25) is 0 Å². The Morgan fingerprint density at radius 2 is 1.81 bits per heavy atom. The van der Waals surface area contributed by atoms with E-state index in [1.807, 2.05) is 24.3 Å². The Morgan fingerprint density at radius 3 is 2.35 bits per heavy atom. The number of non-ortho nitro benzene ring substituents is 1. The van der Waals surface area contributed by atoms with E-state index in [0.717, 1.165) is 12.0 Å². The number of hydrogen-bond donors (Lipinski definition) is 1. The molecule has 0 radical (unpaired) electrons. The number of anilines is 1. The number of ether oxygens (including phenoxy) is 1. The van der Waals surface area contributed by atoms with Gasteiger partial charge in [-0.05, 0) is 36.5 Å². The van der Waals surface area contributed by atoms with Crippen molar-refractivity contribution in [3.63, 3.8) is 0 Å². The Morgan fingerprint density at radius 1 is 1.15 bits per heavy atom. The first-order valence-electron chi connectivity index (χ1n) is 8.54. The van der Waals surface area contributed by atoms with Crippen LogP contribution in [0.5, 0.6) is 5.75 Å². The summed E-state index contributed by atoms with van der Waals surface area (Å²) < 4.78 is 5.18. The first-order valence-corrected chi connectivity index (χ1v) is 8.54. The van der Waals surface area contributed by atoms with E-state index in [-0.39, 0.29) is 17.3 Å². The molecule has 1 N–H and O–H groups in total. The minimum absolute atomic E-state index is 0.105. The summed E-state index contributed by atoms with van der Waals surface area (Å²) in [4.78, 5) is 23.0. The van der Waals surface area contributed by atoms with Crippen molar-refractivity contribution < 1.29 is 14.5 Å². The van der Waals surface area contributed by atoms with Crippen LogP contribution >= 0.6 is 0 Å². The Bertz CT molecular complexity index is 785. The lowest BCUT2D eigenvalue weighted by Crippen LogP contribution is -2.19. The molecule has 0 aromatic heterocycles. The summed E-state index contributed by atoms with van der Waals surface area (Å²) in [7, 11) is 1.45. The van der Waals surface area contributed by atoms with Crippen LogP contribution in [-0.4, -0.2) is 17.9 Å². The van der Waals surface area contributed by atoms with Crippen LogP contribution in [-0.2, 0) is 11.2 Å². The standard InChI is InChI=1S/C20H24N2O4/c1-13(2)11-15-5-7-16(8-6-15)14(3)20(23)21-18-12-17(22(24)25)9-10-19(18)26-4/h5-10,12-14H,11H2,1-4H3,(H,21,23). The lowest BCUT2D eigenvalue weighted by atomic mass is 9.96. The molecular formula is C20H24N2O4. The topological polar surface area (TPSA) is 81.5 Å². The van der Waals surface area contributed by atoms with Crippen LogP contribution in [0.4, 0.5) is 11.4 Å². The molecule has 0 spiro atoms. The van der Waals surface area contributed by atoms with Gasteiger partial charge in [-0.15, -0.1) is 0 Å². The molecule has 2 rings (SSSR count). The van der Waals surface area contributed by atoms with Gasteiger partial charge in [0, 0.05) is 12.1 Å². The lowest BCUT2D eigenvalue weighted by Gasteiger charge is -2.15. The fourth-order valence-corrected chi connectivity index (χ4v) is 2.71. The molecule has 1 amide bonds. The molecular weight excluding hydrogens is 332 g/mol. The summed E-state index contributed by atoms with van der Waals surface area (Å²) in [5.74, 6) is 0.304. The van der Waals surface area contributed by atoms with E-state index in [0.29, 0.717) is 11.7 Å². The van der Waals surface area contributed by atoms with Gasteiger partial charge < -0.3 is 10.1 Å². The quantitative estimate of drug-likeness (QED) is 0.583. The van der Waals surface area contributed by atoms with Crippen molar-refractivity contribution >= 4 is 17.3 Å². The molecule has 138 valence electrons. The predicted molar refractivity (Wildman–Crippen MR) is 102 cm³/mol. The molecule has 0 heterocycles. The maximum absolute atomic E-state index is 12.6. The van der Waals surface area contributed by atoms with E-state index in [9.17, 15) is 14.9 Å². The lowest BCUT2D eigenvalue weighted by molar-refractivity contribution is -0.384. The van der Waals surface area contributed by atoms with Gasteiger partial charge >= 0.3 is 0 Å². The Hall–Kier alpha value is -2.89. The molecule has 26 heavy (non-hydrogen) atoms. The second kappa shape index (κ2) is 8.47. The van der Waals surface area contributed by atoms with Gasteiger partial charge in [0.25, 0.3) is 5.69 Å². The third kappa shape index (κ3) is 4.81. The van der Waals surface area contributed by atoms with Crippen molar-refractivity contribution in [1.29, 1.82) is 0 Å².